The van der Waals surface area contributed by atoms with E-state index < -0.39 is 0 Å². The summed E-state index contributed by atoms with van der Waals surface area (Å²) in [4.78, 5) is 26.7. The van der Waals surface area contributed by atoms with Gasteiger partial charge in [-0.15, -0.1) is 11.3 Å². The number of aromatic nitrogens is 4. The molecular weight excluding hydrogens is 300 g/mol. The van der Waals surface area contributed by atoms with Crippen molar-refractivity contribution >= 4 is 22.5 Å². The Kier molecular flexibility index (Phi) is 3.15. The highest BCUT2D eigenvalue weighted by atomic mass is 32.1. The minimum Gasteiger partial charge on any atom is -0.481 e. The lowest BCUT2D eigenvalue weighted by Crippen LogP contribution is -2.19. The highest BCUT2D eigenvalue weighted by Gasteiger charge is 2.18. The van der Waals surface area contributed by atoms with E-state index in [0.29, 0.717) is 22.2 Å². The molecule has 1 aliphatic rings. The van der Waals surface area contributed by atoms with Gasteiger partial charge in [-0.05, 0) is 31.7 Å². The number of rotatable bonds is 2. The van der Waals surface area contributed by atoms with Crippen molar-refractivity contribution in [2.45, 2.75) is 19.3 Å². The maximum atomic E-state index is 12.3. The minimum absolute atomic E-state index is 0.233. The lowest BCUT2D eigenvalue weighted by atomic mass is 10.0. The maximum Gasteiger partial charge on any atom is 0.277 e. The van der Waals surface area contributed by atoms with E-state index in [1.54, 1.807) is 30.6 Å². The number of nitrogens with zero attached hydrogens (tertiary/aromatic N) is 4. The molecule has 0 spiro atoms. The van der Waals surface area contributed by atoms with Crippen LogP contribution in [0.15, 0.2) is 23.1 Å². The van der Waals surface area contributed by atoms with E-state index in [1.165, 1.54) is 15.6 Å². The molecule has 3 aromatic heterocycles. The predicted octanol–water partition coefficient (Wildman–Crippen LogP) is 1.94. The SMILES string of the molecule is COc1ccc2ncc(=O)n(-c3nc4c(s3)C[CH]CC4)c2n1. The Morgan fingerprint density at radius 3 is 3.05 bits per heavy atom. The smallest absolute Gasteiger partial charge is 0.277 e. The molecule has 0 unspecified atom stereocenters. The van der Waals surface area contributed by atoms with Gasteiger partial charge in [-0.1, -0.05) is 0 Å². The van der Waals surface area contributed by atoms with Crippen LogP contribution in [-0.4, -0.2) is 26.6 Å². The van der Waals surface area contributed by atoms with Crippen molar-refractivity contribution in [3.8, 4) is 11.0 Å². The number of methoxy groups -OCH3 is 1. The van der Waals surface area contributed by atoms with Crippen molar-refractivity contribution in [2.75, 3.05) is 7.11 Å². The number of hydrogen-bond acceptors (Lipinski definition) is 6. The van der Waals surface area contributed by atoms with E-state index >= 15 is 0 Å². The Morgan fingerprint density at radius 2 is 2.23 bits per heavy atom. The maximum absolute atomic E-state index is 12.3. The summed E-state index contributed by atoms with van der Waals surface area (Å²) < 4.78 is 6.68. The van der Waals surface area contributed by atoms with Gasteiger partial charge < -0.3 is 4.74 Å². The first-order chi connectivity index (χ1) is 10.8. The van der Waals surface area contributed by atoms with Crippen molar-refractivity contribution in [3.63, 3.8) is 0 Å². The highest BCUT2D eigenvalue weighted by molar-refractivity contribution is 7.14. The number of ether oxygens (including phenoxy) is 1. The van der Waals surface area contributed by atoms with Crippen LogP contribution in [0.3, 0.4) is 0 Å². The Labute approximate surface area is 130 Å². The van der Waals surface area contributed by atoms with Crippen LogP contribution >= 0.6 is 11.3 Å². The molecule has 1 aliphatic carbocycles. The van der Waals surface area contributed by atoms with Gasteiger partial charge in [-0.3, -0.25) is 4.79 Å². The molecule has 4 rings (SSSR count). The van der Waals surface area contributed by atoms with Crippen molar-refractivity contribution in [1.29, 1.82) is 0 Å². The van der Waals surface area contributed by atoms with Crippen molar-refractivity contribution < 1.29 is 4.74 Å². The standard InChI is InChI=1S/C15H13N4O2S/c1-21-12-7-6-10-14(18-12)19(13(20)8-16-10)15-17-9-4-2-3-5-11(9)22-15/h3,6-8H,2,4-5H2,1H3. The third kappa shape index (κ3) is 2.09. The molecule has 0 bridgehead atoms. The molecule has 0 saturated heterocycles. The number of hydrogen-bond donors (Lipinski definition) is 0. The van der Waals surface area contributed by atoms with Gasteiger partial charge in [0.15, 0.2) is 10.8 Å². The average Bonchev–Trinajstić information content (AvgIpc) is 2.97. The van der Waals surface area contributed by atoms with Crippen LogP contribution in [0.2, 0.25) is 0 Å². The fourth-order valence-electron chi connectivity index (χ4n) is 2.57. The molecule has 111 valence electrons. The normalized spacial score (nSPS) is 14.0. The molecule has 0 aliphatic heterocycles. The lowest BCUT2D eigenvalue weighted by Gasteiger charge is -2.06. The first-order valence-corrected chi connectivity index (χ1v) is 7.81. The summed E-state index contributed by atoms with van der Waals surface area (Å²) in [5.41, 5.74) is 1.97. The average molecular weight is 313 g/mol. The molecular formula is C15H13N4O2S. The van der Waals surface area contributed by atoms with Gasteiger partial charge in [0.1, 0.15) is 5.52 Å². The van der Waals surface area contributed by atoms with Crippen molar-refractivity contribution in [1.82, 2.24) is 19.5 Å². The zero-order valence-electron chi connectivity index (χ0n) is 11.9. The Balaban J connectivity index is 1.98. The number of pyridine rings is 1. The lowest BCUT2D eigenvalue weighted by molar-refractivity contribution is 0.399. The van der Waals surface area contributed by atoms with Crippen molar-refractivity contribution in [3.05, 3.63) is 45.7 Å². The summed E-state index contributed by atoms with van der Waals surface area (Å²) >= 11 is 1.54. The first kappa shape index (κ1) is 13.4. The van der Waals surface area contributed by atoms with Gasteiger partial charge in [0.25, 0.3) is 5.56 Å². The van der Waals surface area contributed by atoms with E-state index in [-0.39, 0.29) is 5.56 Å². The second kappa shape index (κ2) is 5.17. The van der Waals surface area contributed by atoms with Crippen LogP contribution in [0.1, 0.15) is 17.0 Å². The van der Waals surface area contributed by atoms with E-state index in [1.807, 2.05) is 0 Å². The topological polar surface area (TPSA) is 69.9 Å². The van der Waals surface area contributed by atoms with E-state index in [9.17, 15) is 4.79 Å². The predicted molar refractivity (Wildman–Crippen MR) is 83.7 cm³/mol. The monoisotopic (exact) mass is 313 g/mol. The van der Waals surface area contributed by atoms with E-state index in [2.05, 4.69) is 21.4 Å². The molecule has 3 aromatic rings. The molecule has 0 N–H and O–H groups in total. The van der Waals surface area contributed by atoms with E-state index in [4.69, 9.17) is 4.74 Å². The largest absolute Gasteiger partial charge is 0.481 e. The summed E-state index contributed by atoms with van der Waals surface area (Å²) in [6.07, 6.45) is 6.44. The van der Waals surface area contributed by atoms with Gasteiger partial charge in [-0.25, -0.2) is 14.5 Å². The fourth-order valence-corrected chi connectivity index (χ4v) is 3.68. The molecule has 3 heterocycles. The molecule has 0 amide bonds. The zero-order chi connectivity index (χ0) is 15.1. The van der Waals surface area contributed by atoms with Crippen LogP contribution < -0.4 is 10.3 Å². The summed E-state index contributed by atoms with van der Waals surface area (Å²) in [7, 11) is 1.55. The third-order valence-electron chi connectivity index (χ3n) is 3.66. The molecule has 7 heteroatoms. The van der Waals surface area contributed by atoms with Crippen LogP contribution in [-0.2, 0) is 12.8 Å². The molecule has 22 heavy (non-hydrogen) atoms. The quantitative estimate of drug-likeness (QED) is 0.723. The number of aryl methyl sites for hydroxylation is 1. The molecule has 0 aromatic carbocycles. The molecule has 0 atom stereocenters. The number of fused-ring (bicyclic) bond motifs is 2. The summed E-state index contributed by atoms with van der Waals surface area (Å²) in [6.45, 7) is 0. The fraction of sp³-hybridized carbons (Fsp3) is 0.267. The van der Waals surface area contributed by atoms with E-state index in [0.717, 1.165) is 25.0 Å². The Hall–Kier alpha value is -2.28. The molecule has 6 nitrogen and oxygen atoms in total. The summed E-state index contributed by atoms with van der Waals surface area (Å²) in [6, 6.07) is 3.52. The third-order valence-corrected chi connectivity index (χ3v) is 4.76. The first-order valence-electron chi connectivity index (χ1n) is 6.99. The highest BCUT2D eigenvalue weighted by Crippen LogP contribution is 2.29. The number of thiazole rings is 1. The zero-order valence-corrected chi connectivity index (χ0v) is 12.8. The van der Waals surface area contributed by atoms with Crippen LogP contribution in [0, 0.1) is 6.42 Å². The summed E-state index contributed by atoms with van der Waals surface area (Å²) in [5, 5.41) is 0.651. The Morgan fingerprint density at radius 1 is 1.32 bits per heavy atom. The second-order valence-electron chi connectivity index (χ2n) is 5.03. The molecule has 1 radical (unpaired) electrons. The minimum atomic E-state index is -0.233. The van der Waals surface area contributed by atoms with Gasteiger partial charge in [0.05, 0.1) is 19.0 Å². The summed E-state index contributed by atoms with van der Waals surface area (Å²) in [5.74, 6) is 0.448. The molecule has 0 fully saturated rings. The second-order valence-corrected chi connectivity index (χ2v) is 6.09. The van der Waals surface area contributed by atoms with Gasteiger partial charge in [0, 0.05) is 10.9 Å². The van der Waals surface area contributed by atoms with Gasteiger partial charge in [-0.2, -0.15) is 4.98 Å². The van der Waals surface area contributed by atoms with Crippen LogP contribution in [0.5, 0.6) is 5.88 Å². The van der Waals surface area contributed by atoms with Crippen LogP contribution in [0.25, 0.3) is 16.3 Å². The van der Waals surface area contributed by atoms with Gasteiger partial charge in [0.2, 0.25) is 5.88 Å². The van der Waals surface area contributed by atoms with Crippen LogP contribution in [0.4, 0.5) is 0 Å². The molecule has 0 saturated carbocycles. The van der Waals surface area contributed by atoms with Gasteiger partial charge >= 0.3 is 0 Å². The Bertz CT molecular complexity index is 892. The van der Waals surface area contributed by atoms with Crippen molar-refractivity contribution in [2.24, 2.45) is 0 Å².